The molecule has 1 N–H and O–H groups in total. The maximum absolute atomic E-state index is 6.06. The summed E-state index contributed by atoms with van der Waals surface area (Å²) in [7, 11) is 0. The SMILES string of the molecule is CCCNC(Cc1ccc(Cl)s1)C1CN(C(C)C)CCO1. The van der Waals surface area contributed by atoms with E-state index in [9.17, 15) is 0 Å². The smallest absolute Gasteiger partial charge is 0.0931 e. The molecular weight excluding hydrogens is 304 g/mol. The Balaban J connectivity index is 2.00. The number of ether oxygens (including phenoxy) is 1. The Morgan fingerprint density at radius 3 is 2.90 bits per heavy atom. The van der Waals surface area contributed by atoms with Crippen LogP contribution >= 0.6 is 22.9 Å². The van der Waals surface area contributed by atoms with E-state index >= 15 is 0 Å². The van der Waals surface area contributed by atoms with Crippen molar-refractivity contribution in [2.45, 2.75) is 51.8 Å². The molecule has 1 aromatic heterocycles. The summed E-state index contributed by atoms with van der Waals surface area (Å²) < 4.78 is 6.93. The molecule has 1 aliphatic rings. The molecular formula is C16H27ClN2OS. The first-order valence-corrected chi connectivity index (χ1v) is 9.12. The van der Waals surface area contributed by atoms with Gasteiger partial charge in [0.1, 0.15) is 0 Å². The highest BCUT2D eigenvalue weighted by Crippen LogP contribution is 2.24. The average Bonchev–Trinajstić information content (AvgIpc) is 2.89. The molecule has 1 aromatic rings. The molecule has 0 spiro atoms. The van der Waals surface area contributed by atoms with Gasteiger partial charge in [-0.05, 0) is 45.4 Å². The summed E-state index contributed by atoms with van der Waals surface area (Å²) in [6.45, 7) is 10.6. The molecule has 1 saturated heterocycles. The van der Waals surface area contributed by atoms with E-state index in [0.717, 1.165) is 43.4 Å². The van der Waals surface area contributed by atoms with Gasteiger partial charge in [0.25, 0.3) is 0 Å². The summed E-state index contributed by atoms with van der Waals surface area (Å²) in [6.07, 6.45) is 2.39. The number of thiophene rings is 1. The topological polar surface area (TPSA) is 24.5 Å². The number of nitrogens with one attached hydrogen (secondary N) is 1. The Labute approximate surface area is 137 Å². The number of nitrogens with zero attached hydrogens (tertiary/aromatic N) is 1. The molecule has 1 aliphatic heterocycles. The van der Waals surface area contributed by atoms with Gasteiger partial charge in [0.15, 0.2) is 0 Å². The van der Waals surface area contributed by atoms with Gasteiger partial charge in [0, 0.05) is 30.1 Å². The maximum Gasteiger partial charge on any atom is 0.0931 e. The zero-order valence-electron chi connectivity index (χ0n) is 13.3. The summed E-state index contributed by atoms with van der Waals surface area (Å²) in [5.41, 5.74) is 0. The van der Waals surface area contributed by atoms with Crippen LogP contribution in [0.5, 0.6) is 0 Å². The molecule has 2 unspecified atom stereocenters. The van der Waals surface area contributed by atoms with E-state index < -0.39 is 0 Å². The lowest BCUT2D eigenvalue weighted by Crippen LogP contribution is -2.54. The number of hydrogen-bond donors (Lipinski definition) is 1. The van der Waals surface area contributed by atoms with E-state index in [4.69, 9.17) is 16.3 Å². The summed E-state index contributed by atoms with van der Waals surface area (Å²) >= 11 is 7.73. The summed E-state index contributed by atoms with van der Waals surface area (Å²) in [4.78, 5) is 3.84. The maximum atomic E-state index is 6.06. The van der Waals surface area contributed by atoms with Crippen LogP contribution in [0.25, 0.3) is 0 Å². The predicted octanol–water partition coefficient (Wildman–Crippen LogP) is 3.42. The van der Waals surface area contributed by atoms with Crippen molar-refractivity contribution in [2.24, 2.45) is 0 Å². The summed E-state index contributed by atoms with van der Waals surface area (Å²) in [5.74, 6) is 0. The van der Waals surface area contributed by atoms with Crippen molar-refractivity contribution in [3.63, 3.8) is 0 Å². The number of rotatable bonds is 7. The molecule has 0 saturated carbocycles. The van der Waals surface area contributed by atoms with Gasteiger partial charge in [-0.15, -0.1) is 11.3 Å². The van der Waals surface area contributed by atoms with E-state index in [2.05, 4.69) is 37.1 Å². The third-order valence-corrected chi connectivity index (χ3v) is 5.26. The van der Waals surface area contributed by atoms with Crippen LogP contribution in [0.1, 0.15) is 32.1 Å². The lowest BCUT2D eigenvalue weighted by molar-refractivity contribution is -0.0550. The van der Waals surface area contributed by atoms with E-state index in [1.165, 1.54) is 4.88 Å². The lowest BCUT2D eigenvalue weighted by atomic mass is 10.0. The fourth-order valence-electron chi connectivity index (χ4n) is 2.75. The van der Waals surface area contributed by atoms with Gasteiger partial charge in [0.05, 0.1) is 17.0 Å². The highest BCUT2D eigenvalue weighted by Gasteiger charge is 2.29. The van der Waals surface area contributed by atoms with Crippen molar-refractivity contribution in [2.75, 3.05) is 26.2 Å². The van der Waals surface area contributed by atoms with Crippen LogP contribution in [0.15, 0.2) is 12.1 Å². The molecule has 2 rings (SSSR count). The van der Waals surface area contributed by atoms with Gasteiger partial charge < -0.3 is 10.1 Å². The number of morpholine rings is 1. The number of halogens is 1. The van der Waals surface area contributed by atoms with Gasteiger partial charge in [-0.1, -0.05) is 18.5 Å². The van der Waals surface area contributed by atoms with Gasteiger partial charge in [-0.2, -0.15) is 0 Å². The lowest BCUT2D eigenvalue weighted by Gasteiger charge is -2.39. The highest BCUT2D eigenvalue weighted by atomic mass is 35.5. The Morgan fingerprint density at radius 2 is 2.29 bits per heavy atom. The van der Waals surface area contributed by atoms with Gasteiger partial charge in [-0.3, -0.25) is 4.90 Å². The molecule has 0 aliphatic carbocycles. The third-order valence-electron chi connectivity index (χ3n) is 4.01. The second kappa shape index (κ2) is 8.49. The van der Waals surface area contributed by atoms with Crippen molar-refractivity contribution in [1.82, 2.24) is 10.2 Å². The highest BCUT2D eigenvalue weighted by molar-refractivity contribution is 7.16. The Bertz CT molecular complexity index is 424. The van der Waals surface area contributed by atoms with Crippen LogP contribution in [0.2, 0.25) is 4.34 Å². The zero-order chi connectivity index (χ0) is 15.2. The fraction of sp³-hybridized carbons (Fsp3) is 0.750. The molecule has 120 valence electrons. The monoisotopic (exact) mass is 330 g/mol. The molecule has 1 fully saturated rings. The second-order valence-corrected chi connectivity index (χ2v) is 7.77. The first kappa shape index (κ1) is 17.2. The molecule has 21 heavy (non-hydrogen) atoms. The standard InChI is InChI=1S/C16H27ClN2OS/c1-4-7-18-14(10-13-5-6-16(17)21-13)15-11-19(12(2)3)8-9-20-15/h5-6,12,14-15,18H,4,7-11H2,1-3H3. The van der Waals surface area contributed by atoms with Crippen LogP contribution < -0.4 is 5.32 Å². The van der Waals surface area contributed by atoms with Crippen LogP contribution in [-0.2, 0) is 11.2 Å². The first-order chi connectivity index (χ1) is 10.1. The van der Waals surface area contributed by atoms with Crippen molar-refractivity contribution < 1.29 is 4.74 Å². The molecule has 5 heteroatoms. The first-order valence-electron chi connectivity index (χ1n) is 7.93. The molecule has 2 atom stereocenters. The predicted molar refractivity (Wildman–Crippen MR) is 91.6 cm³/mol. The minimum atomic E-state index is 0.258. The quantitative estimate of drug-likeness (QED) is 0.829. The summed E-state index contributed by atoms with van der Waals surface area (Å²) in [6, 6.07) is 5.07. The van der Waals surface area contributed by atoms with Gasteiger partial charge in [0.2, 0.25) is 0 Å². The van der Waals surface area contributed by atoms with E-state index in [0.29, 0.717) is 12.1 Å². The fourth-order valence-corrected chi connectivity index (χ4v) is 3.90. The number of hydrogen-bond acceptors (Lipinski definition) is 4. The largest absolute Gasteiger partial charge is 0.374 e. The molecule has 0 amide bonds. The minimum absolute atomic E-state index is 0.258. The normalized spacial score (nSPS) is 21.9. The van der Waals surface area contributed by atoms with E-state index in [1.807, 2.05) is 6.07 Å². The Kier molecular flexibility index (Phi) is 6.96. The molecule has 3 nitrogen and oxygen atoms in total. The van der Waals surface area contributed by atoms with E-state index in [1.54, 1.807) is 11.3 Å². The van der Waals surface area contributed by atoms with Crippen molar-refractivity contribution in [1.29, 1.82) is 0 Å². The Morgan fingerprint density at radius 1 is 1.48 bits per heavy atom. The zero-order valence-corrected chi connectivity index (χ0v) is 14.8. The average molecular weight is 331 g/mol. The molecule has 2 heterocycles. The van der Waals surface area contributed by atoms with Crippen LogP contribution in [-0.4, -0.2) is 49.3 Å². The second-order valence-electron chi connectivity index (χ2n) is 5.97. The van der Waals surface area contributed by atoms with E-state index in [-0.39, 0.29) is 6.10 Å². The Hall–Kier alpha value is -0.130. The summed E-state index contributed by atoms with van der Waals surface area (Å²) in [5, 5.41) is 3.67. The van der Waals surface area contributed by atoms with Crippen LogP contribution in [0, 0.1) is 0 Å². The van der Waals surface area contributed by atoms with Crippen molar-refractivity contribution in [3.8, 4) is 0 Å². The van der Waals surface area contributed by atoms with Gasteiger partial charge >= 0.3 is 0 Å². The van der Waals surface area contributed by atoms with Crippen molar-refractivity contribution >= 4 is 22.9 Å². The molecule has 0 bridgehead atoms. The molecule has 0 radical (unpaired) electrons. The van der Waals surface area contributed by atoms with Crippen LogP contribution in [0.4, 0.5) is 0 Å². The van der Waals surface area contributed by atoms with Crippen molar-refractivity contribution in [3.05, 3.63) is 21.3 Å². The minimum Gasteiger partial charge on any atom is -0.374 e. The van der Waals surface area contributed by atoms with Crippen LogP contribution in [0.3, 0.4) is 0 Å². The third kappa shape index (κ3) is 5.22. The van der Waals surface area contributed by atoms with Gasteiger partial charge in [-0.25, -0.2) is 0 Å². The molecule has 0 aromatic carbocycles.